The van der Waals surface area contributed by atoms with E-state index in [-0.39, 0.29) is 16.9 Å². The molecule has 0 aliphatic heterocycles. The molecule has 0 aliphatic rings. The molecule has 0 radical (unpaired) electrons. The Morgan fingerprint density at radius 2 is 1.50 bits per heavy atom. The summed E-state index contributed by atoms with van der Waals surface area (Å²) in [5.41, 5.74) is -0.723. The molecule has 1 rings (SSSR count). The van der Waals surface area contributed by atoms with Crippen LogP contribution in [-0.2, 0) is 0 Å². The van der Waals surface area contributed by atoms with E-state index in [1.165, 1.54) is 13.8 Å². The molecule has 0 unspecified atom stereocenters. The van der Waals surface area contributed by atoms with Crippen molar-refractivity contribution in [3.8, 4) is 17.2 Å². The standard InChI is InChI=1S/C8H9NO5/c1-3-5(9(13)14)8(12)7(11)4(2)6(3)10/h10-12H,1-2H3. The van der Waals surface area contributed by atoms with Gasteiger partial charge in [-0.15, -0.1) is 0 Å². The van der Waals surface area contributed by atoms with Gasteiger partial charge in [-0.05, 0) is 13.8 Å². The summed E-state index contributed by atoms with van der Waals surface area (Å²) in [6.07, 6.45) is 0. The molecule has 0 atom stereocenters. The second-order valence-electron chi connectivity index (χ2n) is 2.90. The number of phenols is 3. The third-order valence-electron chi connectivity index (χ3n) is 2.05. The molecule has 1 aromatic rings. The van der Waals surface area contributed by atoms with Gasteiger partial charge >= 0.3 is 5.69 Å². The Balaban J connectivity index is 3.68. The molecule has 0 amide bonds. The van der Waals surface area contributed by atoms with E-state index in [4.69, 9.17) is 0 Å². The van der Waals surface area contributed by atoms with Gasteiger partial charge in [-0.25, -0.2) is 0 Å². The van der Waals surface area contributed by atoms with Gasteiger partial charge in [0.25, 0.3) is 0 Å². The quantitative estimate of drug-likeness (QED) is 0.274. The first-order chi connectivity index (χ1) is 6.37. The van der Waals surface area contributed by atoms with Crippen LogP contribution in [0.5, 0.6) is 17.2 Å². The summed E-state index contributed by atoms with van der Waals surface area (Å²) in [5.74, 6) is -1.87. The van der Waals surface area contributed by atoms with Crippen molar-refractivity contribution in [3.63, 3.8) is 0 Å². The molecule has 0 saturated heterocycles. The van der Waals surface area contributed by atoms with Gasteiger partial charge in [0.1, 0.15) is 5.75 Å². The van der Waals surface area contributed by atoms with Gasteiger partial charge in [-0.2, -0.15) is 0 Å². The Labute approximate surface area is 79.2 Å². The molecule has 0 spiro atoms. The van der Waals surface area contributed by atoms with E-state index in [0.717, 1.165) is 0 Å². The minimum atomic E-state index is -0.858. The van der Waals surface area contributed by atoms with E-state index in [0.29, 0.717) is 0 Å². The highest BCUT2D eigenvalue weighted by molar-refractivity contribution is 5.67. The Bertz CT molecular complexity index is 384. The minimum Gasteiger partial charge on any atom is -0.507 e. The zero-order valence-corrected chi connectivity index (χ0v) is 7.61. The van der Waals surface area contributed by atoms with E-state index in [1.807, 2.05) is 0 Å². The van der Waals surface area contributed by atoms with Crippen molar-refractivity contribution in [1.29, 1.82) is 0 Å². The summed E-state index contributed by atoms with van der Waals surface area (Å²) < 4.78 is 0. The predicted octanol–water partition coefficient (Wildman–Crippen LogP) is 1.33. The smallest absolute Gasteiger partial charge is 0.321 e. The molecule has 0 bridgehead atoms. The van der Waals surface area contributed by atoms with Crippen LogP contribution < -0.4 is 0 Å². The SMILES string of the molecule is Cc1c(O)c(C)c([N+](=O)[O-])c(O)c1O. The molecule has 6 nitrogen and oxygen atoms in total. The van der Waals surface area contributed by atoms with E-state index in [9.17, 15) is 25.4 Å². The Hall–Kier alpha value is -1.98. The lowest BCUT2D eigenvalue weighted by atomic mass is 10.1. The number of phenolic OH excluding ortho intramolecular Hbond substituents is 3. The third kappa shape index (κ3) is 1.20. The molecule has 3 N–H and O–H groups in total. The average molecular weight is 199 g/mol. The van der Waals surface area contributed by atoms with E-state index >= 15 is 0 Å². The zero-order chi connectivity index (χ0) is 11.0. The van der Waals surface area contributed by atoms with Crippen molar-refractivity contribution in [2.45, 2.75) is 13.8 Å². The number of benzene rings is 1. The summed E-state index contributed by atoms with van der Waals surface area (Å²) in [6, 6.07) is 0. The number of nitro groups is 1. The van der Waals surface area contributed by atoms with Gasteiger partial charge in [-0.3, -0.25) is 10.1 Å². The van der Waals surface area contributed by atoms with Crippen LogP contribution in [-0.4, -0.2) is 20.2 Å². The van der Waals surface area contributed by atoms with Crippen LogP contribution in [0.1, 0.15) is 11.1 Å². The lowest BCUT2D eigenvalue weighted by Crippen LogP contribution is -1.94. The van der Waals surface area contributed by atoms with E-state index in [1.54, 1.807) is 0 Å². The maximum Gasteiger partial charge on any atom is 0.321 e. The van der Waals surface area contributed by atoms with Crippen LogP contribution in [0.25, 0.3) is 0 Å². The number of nitrogens with zero attached hydrogens (tertiary/aromatic N) is 1. The molecule has 6 heteroatoms. The molecule has 0 fully saturated rings. The molecular formula is C8H9NO5. The fraction of sp³-hybridized carbons (Fsp3) is 0.250. The number of hydrogen-bond donors (Lipinski definition) is 3. The van der Waals surface area contributed by atoms with Crippen molar-refractivity contribution in [2.24, 2.45) is 0 Å². The molecule has 0 heterocycles. The lowest BCUT2D eigenvalue weighted by Gasteiger charge is -2.08. The molecule has 14 heavy (non-hydrogen) atoms. The third-order valence-corrected chi connectivity index (χ3v) is 2.05. The molecular weight excluding hydrogens is 190 g/mol. The second-order valence-corrected chi connectivity index (χ2v) is 2.90. The van der Waals surface area contributed by atoms with Gasteiger partial charge in [0.2, 0.25) is 5.75 Å². The Morgan fingerprint density at radius 3 is 1.93 bits per heavy atom. The van der Waals surface area contributed by atoms with Gasteiger partial charge in [0.15, 0.2) is 5.75 Å². The van der Waals surface area contributed by atoms with Crippen molar-refractivity contribution < 1.29 is 20.2 Å². The topological polar surface area (TPSA) is 104 Å². The largest absolute Gasteiger partial charge is 0.507 e. The number of rotatable bonds is 1. The Kier molecular flexibility index (Phi) is 2.21. The van der Waals surface area contributed by atoms with E-state index in [2.05, 4.69) is 0 Å². The normalized spacial score (nSPS) is 10.1. The average Bonchev–Trinajstić information content (AvgIpc) is 2.11. The van der Waals surface area contributed by atoms with Crippen LogP contribution >= 0.6 is 0 Å². The number of hydrogen-bond acceptors (Lipinski definition) is 5. The first-order valence-electron chi connectivity index (χ1n) is 3.76. The summed E-state index contributed by atoms with van der Waals surface area (Å²) in [5, 5.41) is 38.3. The van der Waals surface area contributed by atoms with Gasteiger partial charge < -0.3 is 15.3 Å². The molecule has 1 aromatic carbocycles. The highest BCUT2D eigenvalue weighted by atomic mass is 16.6. The van der Waals surface area contributed by atoms with Crippen LogP contribution in [0.4, 0.5) is 5.69 Å². The van der Waals surface area contributed by atoms with Crippen molar-refractivity contribution in [1.82, 2.24) is 0 Å². The van der Waals surface area contributed by atoms with E-state index < -0.39 is 22.1 Å². The number of nitro benzene ring substituents is 1. The monoisotopic (exact) mass is 199 g/mol. The second kappa shape index (κ2) is 3.06. The van der Waals surface area contributed by atoms with Gasteiger partial charge in [0.05, 0.1) is 10.5 Å². The first kappa shape index (κ1) is 10.1. The maximum atomic E-state index is 10.5. The van der Waals surface area contributed by atoms with Gasteiger partial charge in [0, 0.05) is 5.56 Å². The summed E-state index contributed by atoms with van der Waals surface area (Å²) >= 11 is 0. The first-order valence-corrected chi connectivity index (χ1v) is 3.76. The van der Waals surface area contributed by atoms with Gasteiger partial charge in [-0.1, -0.05) is 0 Å². The highest BCUT2D eigenvalue weighted by Gasteiger charge is 2.26. The fourth-order valence-electron chi connectivity index (χ4n) is 1.20. The van der Waals surface area contributed by atoms with Crippen LogP contribution in [0, 0.1) is 24.0 Å². The maximum absolute atomic E-state index is 10.5. The molecule has 0 saturated carbocycles. The molecule has 76 valence electrons. The minimum absolute atomic E-state index is 0.0191. The highest BCUT2D eigenvalue weighted by Crippen LogP contribution is 2.45. The van der Waals surface area contributed by atoms with Crippen LogP contribution in [0.2, 0.25) is 0 Å². The van der Waals surface area contributed by atoms with Crippen molar-refractivity contribution in [2.75, 3.05) is 0 Å². The van der Waals surface area contributed by atoms with Crippen molar-refractivity contribution >= 4 is 5.69 Å². The Morgan fingerprint density at radius 1 is 1.00 bits per heavy atom. The summed E-state index contributed by atoms with van der Waals surface area (Å²) in [4.78, 5) is 9.62. The predicted molar refractivity (Wildman–Crippen MR) is 47.6 cm³/mol. The summed E-state index contributed by atoms with van der Waals surface area (Å²) in [6.45, 7) is 2.64. The summed E-state index contributed by atoms with van der Waals surface area (Å²) in [7, 11) is 0. The van der Waals surface area contributed by atoms with Crippen LogP contribution in [0.15, 0.2) is 0 Å². The fourth-order valence-corrected chi connectivity index (χ4v) is 1.20. The van der Waals surface area contributed by atoms with Crippen LogP contribution in [0.3, 0.4) is 0 Å². The number of aromatic hydroxyl groups is 3. The van der Waals surface area contributed by atoms with Crippen molar-refractivity contribution in [3.05, 3.63) is 21.2 Å². The lowest BCUT2D eigenvalue weighted by molar-refractivity contribution is -0.386. The molecule has 0 aliphatic carbocycles. The zero-order valence-electron chi connectivity index (χ0n) is 7.61. The molecule has 0 aromatic heterocycles.